The fourth-order valence-electron chi connectivity index (χ4n) is 3.76. The molecule has 2 aromatic rings. The summed E-state index contributed by atoms with van der Waals surface area (Å²) >= 11 is 0. The Morgan fingerprint density at radius 1 is 1.32 bits per heavy atom. The Bertz CT molecular complexity index is 770. The maximum Gasteiger partial charge on any atom is 0.270 e. The van der Waals surface area contributed by atoms with Gasteiger partial charge in [-0.2, -0.15) is 0 Å². The number of furan rings is 1. The molecule has 2 aromatic heterocycles. The number of ether oxygens (including phenoxy) is 1. The van der Waals surface area contributed by atoms with E-state index in [0.717, 1.165) is 61.7 Å². The number of hydrogen-bond acceptors (Lipinski definition) is 5. The van der Waals surface area contributed by atoms with Crippen molar-refractivity contribution >= 4 is 0 Å². The van der Waals surface area contributed by atoms with Crippen LogP contribution in [0.1, 0.15) is 48.1 Å². The lowest BCUT2D eigenvalue weighted by Gasteiger charge is -2.25. The van der Waals surface area contributed by atoms with Crippen LogP contribution in [0.3, 0.4) is 0 Å². The molecule has 0 unspecified atom stereocenters. The van der Waals surface area contributed by atoms with Gasteiger partial charge in [-0.05, 0) is 37.8 Å². The predicted octanol–water partition coefficient (Wildman–Crippen LogP) is 1.56. The third-order valence-electron chi connectivity index (χ3n) is 5.08. The van der Waals surface area contributed by atoms with E-state index < -0.39 is 0 Å². The molecule has 136 valence electrons. The highest BCUT2D eigenvalue weighted by atomic mass is 16.5. The van der Waals surface area contributed by atoms with Crippen LogP contribution in [-0.4, -0.2) is 39.5 Å². The summed E-state index contributed by atoms with van der Waals surface area (Å²) in [5.41, 5.74) is 1.80. The largest absolute Gasteiger partial charge is 0.462 e. The summed E-state index contributed by atoms with van der Waals surface area (Å²) in [5, 5.41) is 12.2. The Hall–Kier alpha value is -1.83. The van der Waals surface area contributed by atoms with Crippen LogP contribution in [0.15, 0.2) is 21.3 Å². The third kappa shape index (κ3) is 3.44. The van der Waals surface area contributed by atoms with Crippen LogP contribution in [0.25, 0.3) is 0 Å². The molecule has 4 rings (SSSR count). The number of nitrogens with one attached hydrogen (secondary N) is 1. The molecule has 0 spiro atoms. The molecule has 2 N–H and O–H groups in total. The Balaban J connectivity index is 1.42. The monoisotopic (exact) mass is 347 g/mol. The number of aliphatic hydroxyl groups excluding tert-OH is 1. The van der Waals surface area contributed by atoms with Crippen molar-refractivity contribution in [3.05, 3.63) is 45.3 Å². The second-order valence-electron chi connectivity index (χ2n) is 6.87. The van der Waals surface area contributed by atoms with E-state index in [-0.39, 0.29) is 18.3 Å². The standard InChI is InChI=1S/C18H25N3O4/c22-9-8-21-18(23)14-6-7-20(12-15(14)19-21)11-13-4-5-17(25-13)16-3-1-2-10-24-16/h4-5,16,19,22H,1-3,6-12H2/t16-/m1/s1. The highest BCUT2D eigenvalue weighted by Crippen LogP contribution is 2.29. The molecule has 2 aliphatic rings. The van der Waals surface area contributed by atoms with Gasteiger partial charge in [0, 0.05) is 25.3 Å². The predicted molar refractivity (Wildman–Crippen MR) is 91.2 cm³/mol. The normalized spacial score (nSPS) is 21.4. The van der Waals surface area contributed by atoms with Crippen LogP contribution in [0.5, 0.6) is 0 Å². The van der Waals surface area contributed by atoms with Crippen LogP contribution in [-0.2, 0) is 30.8 Å². The van der Waals surface area contributed by atoms with Crippen LogP contribution in [0.2, 0.25) is 0 Å². The lowest BCUT2D eigenvalue weighted by molar-refractivity contribution is 0.000794. The maximum absolute atomic E-state index is 12.2. The van der Waals surface area contributed by atoms with Gasteiger partial charge in [0.05, 0.1) is 25.4 Å². The zero-order chi connectivity index (χ0) is 17.2. The van der Waals surface area contributed by atoms with Gasteiger partial charge >= 0.3 is 0 Å². The van der Waals surface area contributed by atoms with Crippen molar-refractivity contribution in [1.82, 2.24) is 14.7 Å². The first-order valence-electron chi connectivity index (χ1n) is 9.08. The number of aromatic amines is 1. The molecular weight excluding hydrogens is 322 g/mol. The Labute approximate surface area is 146 Å². The van der Waals surface area contributed by atoms with Crippen LogP contribution in [0, 0.1) is 0 Å². The fraction of sp³-hybridized carbons (Fsp3) is 0.611. The van der Waals surface area contributed by atoms with E-state index >= 15 is 0 Å². The molecule has 0 amide bonds. The molecule has 1 fully saturated rings. The zero-order valence-electron chi connectivity index (χ0n) is 14.4. The first kappa shape index (κ1) is 16.6. The van der Waals surface area contributed by atoms with Gasteiger partial charge in [-0.25, -0.2) is 0 Å². The number of aliphatic hydroxyl groups is 1. The van der Waals surface area contributed by atoms with E-state index in [0.29, 0.717) is 13.1 Å². The Morgan fingerprint density at radius 2 is 2.24 bits per heavy atom. The highest BCUT2D eigenvalue weighted by molar-refractivity contribution is 5.21. The zero-order valence-corrected chi connectivity index (χ0v) is 14.4. The molecule has 0 bridgehead atoms. The SMILES string of the molecule is O=c1c2c([nH]n1CCO)CN(Cc1ccc([C@H]3CCCCO3)o1)CC2. The van der Waals surface area contributed by atoms with Crippen LogP contribution in [0.4, 0.5) is 0 Å². The van der Waals surface area contributed by atoms with Gasteiger partial charge in [-0.3, -0.25) is 19.5 Å². The summed E-state index contributed by atoms with van der Waals surface area (Å²) in [5.74, 6) is 1.86. The van der Waals surface area contributed by atoms with E-state index in [9.17, 15) is 4.79 Å². The molecule has 0 radical (unpaired) electrons. The average molecular weight is 347 g/mol. The van der Waals surface area contributed by atoms with Gasteiger partial charge in [-0.1, -0.05) is 0 Å². The molecule has 1 saturated heterocycles. The first-order chi connectivity index (χ1) is 12.2. The number of aromatic nitrogens is 2. The average Bonchev–Trinajstić information content (AvgIpc) is 3.21. The maximum atomic E-state index is 12.2. The molecule has 2 aliphatic heterocycles. The van der Waals surface area contributed by atoms with E-state index in [1.165, 1.54) is 11.1 Å². The number of fused-ring (bicyclic) bond motifs is 1. The van der Waals surface area contributed by atoms with Crippen molar-refractivity contribution < 1.29 is 14.3 Å². The van der Waals surface area contributed by atoms with Gasteiger partial charge in [-0.15, -0.1) is 0 Å². The molecule has 7 heteroatoms. The molecule has 0 aliphatic carbocycles. The van der Waals surface area contributed by atoms with Gasteiger partial charge < -0.3 is 14.3 Å². The minimum absolute atomic E-state index is 0.00145. The molecule has 0 aromatic carbocycles. The third-order valence-corrected chi connectivity index (χ3v) is 5.08. The van der Waals surface area contributed by atoms with Gasteiger partial charge in [0.25, 0.3) is 5.56 Å². The molecule has 25 heavy (non-hydrogen) atoms. The summed E-state index contributed by atoms with van der Waals surface area (Å²) in [6.07, 6.45) is 4.17. The van der Waals surface area contributed by atoms with Crippen molar-refractivity contribution in [3.8, 4) is 0 Å². The van der Waals surface area contributed by atoms with Gasteiger partial charge in [0.15, 0.2) is 0 Å². The van der Waals surface area contributed by atoms with Crippen molar-refractivity contribution in [2.45, 2.75) is 51.4 Å². The minimum Gasteiger partial charge on any atom is -0.462 e. The lowest BCUT2D eigenvalue weighted by Crippen LogP contribution is -2.31. The van der Waals surface area contributed by atoms with Crippen molar-refractivity contribution in [2.24, 2.45) is 0 Å². The summed E-state index contributed by atoms with van der Waals surface area (Å²) < 4.78 is 13.3. The highest BCUT2D eigenvalue weighted by Gasteiger charge is 2.24. The number of nitrogens with zero attached hydrogens (tertiary/aromatic N) is 2. The topological polar surface area (TPSA) is 83.6 Å². The quantitative estimate of drug-likeness (QED) is 0.858. The fourth-order valence-corrected chi connectivity index (χ4v) is 3.76. The van der Waals surface area contributed by atoms with E-state index in [1.807, 2.05) is 12.1 Å². The summed E-state index contributed by atoms with van der Waals surface area (Å²) in [6.45, 7) is 3.33. The first-order valence-corrected chi connectivity index (χ1v) is 9.08. The van der Waals surface area contributed by atoms with Gasteiger partial charge in [0.2, 0.25) is 0 Å². The Morgan fingerprint density at radius 3 is 3.04 bits per heavy atom. The molecule has 1 atom stereocenters. The minimum atomic E-state index is -0.0403. The van der Waals surface area contributed by atoms with Crippen LogP contribution < -0.4 is 5.56 Å². The molecule has 0 saturated carbocycles. The smallest absolute Gasteiger partial charge is 0.270 e. The number of rotatable bonds is 5. The second-order valence-corrected chi connectivity index (χ2v) is 6.87. The summed E-state index contributed by atoms with van der Waals surface area (Å²) in [7, 11) is 0. The van der Waals surface area contributed by atoms with Crippen molar-refractivity contribution in [3.63, 3.8) is 0 Å². The van der Waals surface area contributed by atoms with E-state index in [1.54, 1.807) is 0 Å². The van der Waals surface area contributed by atoms with Gasteiger partial charge in [0.1, 0.15) is 17.6 Å². The lowest BCUT2D eigenvalue weighted by atomic mass is 10.1. The van der Waals surface area contributed by atoms with E-state index in [4.69, 9.17) is 14.3 Å². The van der Waals surface area contributed by atoms with Crippen molar-refractivity contribution in [1.29, 1.82) is 0 Å². The number of hydrogen-bond donors (Lipinski definition) is 2. The Kier molecular flexibility index (Phi) is 4.78. The second kappa shape index (κ2) is 7.19. The van der Waals surface area contributed by atoms with Crippen molar-refractivity contribution in [2.75, 3.05) is 19.8 Å². The molecule has 4 heterocycles. The molecular formula is C18H25N3O4. The summed E-state index contributed by atoms with van der Waals surface area (Å²) in [6, 6.07) is 4.06. The number of H-pyrrole nitrogens is 1. The molecule has 7 nitrogen and oxygen atoms in total. The van der Waals surface area contributed by atoms with E-state index in [2.05, 4.69) is 10.00 Å². The van der Waals surface area contributed by atoms with Crippen LogP contribution >= 0.6 is 0 Å². The summed E-state index contributed by atoms with van der Waals surface area (Å²) in [4.78, 5) is 14.5.